The number of halogens is 2. The van der Waals surface area contributed by atoms with Gasteiger partial charge in [0.15, 0.2) is 0 Å². The van der Waals surface area contributed by atoms with Crippen LogP contribution in [-0.2, 0) is 7.05 Å². The van der Waals surface area contributed by atoms with Crippen molar-refractivity contribution in [3.63, 3.8) is 0 Å². The van der Waals surface area contributed by atoms with E-state index < -0.39 is 0 Å². The van der Waals surface area contributed by atoms with Crippen molar-refractivity contribution in [2.24, 2.45) is 7.05 Å². The molecule has 2 rings (SSSR count). The second-order valence-electron chi connectivity index (χ2n) is 3.60. The second kappa shape index (κ2) is 4.00. The molecule has 0 aliphatic carbocycles. The van der Waals surface area contributed by atoms with E-state index in [4.69, 9.17) is 28.9 Å². The molecule has 0 fully saturated rings. The van der Waals surface area contributed by atoms with Gasteiger partial charge in [-0.05, 0) is 24.6 Å². The molecular weight excluding hydrogens is 245 g/mol. The quantitative estimate of drug-likeness (QED) is 0.850. The molecule has 0 aliphatic heterocycles. The van der Waals surface area contributed by atoms with Crippen LogP contribution in [0.3, 0.4) is 0 Å². The molecule has 5 heteroatoms. The standard InChI is InChI=1S/C11H11Cl2N3/c1-6-10(11(14)16(2)15-6)7-3-4-8(12)9(13)5-7/h3-5H,14H2,1-2H3. The van der Waals surface area contributed by atoms with E-state index in [2.05, 4.69) is 5.10 Å². The van der Waals surface area contributed by atoms with Crippen molar-refractivity contribution in [2.75, 3.05) is 5.73 Å². The summed E-state index contributed by atoms with van der Waals surface area (Å²) in [6, 6.07) is 5.43. The van der Waals surface area contributed by atoms with Crippen LogP contribution in [0.25, 0.3) is 11.1 Å². The van der Waals surface area contributed by atoms with Crippen molar-refractivity contribution >= 4 is 29.0 Å². The van der Waals surface area contributed by atoms with Crippen LogP contribution in [0.4, 0.5) is 5.82 Å². The highest BCUT2D eigenvalue weighted by Gasteiger charge is 2.13. The lowest BCUT2D eigenvalue weighted by Gasteiger charge is -2.03. The SMILES string of the molecule is Cc1nn(C)c(N)c1-c1ccc(Cl)c(Cl)c1. The predicted octanol–water partition coefficient (Wildman–Crippen LogP) is 3.28. The Labute approximate surface area is 104 Å². The van der Waals surface area contributed by atoms with Gasteiger partial charge in [-0.2, -0.15) is 5.10 Å². The third kappa shape index (κ3) is 1.77. The number of nitrogens with two attached hydrogens (primary N) is 1. The number of hydrogen-bond donors (Lipinski definition) is 1. The molecule has 0 radical (unpaired) electrons. The maximum absolute atomic E-state index is 5.98. The smallest absolute Gasteiger partial charge is 0.129 e. The van der Waals surface area contributed by atoms with Gasteiger partial charge in [0.1, 0.15) is 5.82 Å². The number of aromatic nitrogens is 2. The van der Waals surface area contributed by atoms with Gasteiger partial charge in [-0.15, -0.1) is 0 Å². The fourth-order valence-corrected chi connectivity index (χ4v) is 1.98. The number of hydrogen-bond acceptors (Lipinski definition) is 2. The van der Waals surface area contributed by atoms with Gasteiger partial charge in [-0.1, -0.05) is 29.3 Å². The third-order valence-electron chi connectivity index (χ3n) is 2.47. The molecule has 2 N–H and O–H groups in total. The molecule has 0 saturated heterocycles. The highest BCUT2D eigenvalue weighted by Crippen LogP contribution is 2.33. The summed E-state index contributed by atoms with van der Waals surface area (Å²) >= 11 is 11.8. The Kier molecular flexibility index (Phi) is 2.82. The molecule has 0 bridgehead atoms. The summed E-state index contributed by atoms with van der Waals surface area (Å²) < 4.78 is 1.65. The molecule has 0 aliphatic rings. The summed E-state index contributed by atoms with van der Waals surface area (Å²) in [4.78, 5) is 0. The maximum atomic E-state index is 5.98. The summed E-state index contributed by atoms with van der Waals surface area (Å²) in [5, 5.41) is 5.30. The van der Waals surface area contributed by atoms with E-state index >= 15 is 0 Å². The first kappa shape index (κ1) is 11.3. The second-order valence-corrected chi connectivity index (χ2v) is 4.41. The van der Waals surface area contributed by atoms with Gasteiger partial charge < -0.3 is 5.73 Å². The molecule has 0 unspecified atom stereocenters. The fraction of sp³-hybridized carbons (Fsp3) is 0.182. The average Bonchev–Trinajstić information content (AvgIpc) is 2.47. The van der Waals surface area contributed by atoms with Gasteiger partial charge in [0.2, 0.25) is 0 Å². The van der Waals surface area contributed by atoms with Crippen molar-refractivity contribution in [1.29, 1.82) is 0 Å². The molecule has 0 atom stereocenters. The summed E-state index contributed by atoms with van der Waals surface area (Å²) in [6.45, 7) is 1.91. The molecule has 84 valence electrons. The summed E-state index contributed by atoms with van der Waals surface area (Å²) in [7, 11) is 1.81. The van der Waals surface area contributed by atoms with Crippen LogP contribution in [0.1, 0.15) is 5.69 Å². The molecule has 2 aromatic rings. The lowest BCUT2D eigenvalue weighted by atomic mass is 10.1. The maximum Gasteiger partial charge on any atom is 0.129 e. The Morgan fingerprint density at radius 2 is 1.94 bits per heavy atom. The van der Waals surface area contributed by atoms with Crippen molar-refractivity contribution < 1.29 is 0 Å². The minimum atomic E-state index is 0.516. The van der Waals surface area contributed by atoms with Crippen LogP contribution < -0.4 is 5.73 Å². The van der Waals surface area contributed by atoms with Crippen LogP contribution in [0.2, 0.25) is 10.0 Å². The number of rotatable bonds is 1. The van der Waals surface area contributed by atoms with Crippen molar-refractivity contribution in [1.82, 2.24) is 9.78 Å². The fourth-order valence-electron chi connectivity index (χ4n) is 1.68. The van der Waals surface area contributed by atoms with Crippen LogP contribution >= 0.6 is 23.2 Å². The minimum absolute atomic E-state index is 0.516. The number of benzene rings is 1. The van der Waals surface area contributed by atoms with Crippen LogP contribution in [0.5, 0.6) is 0 Å². The van der Waals surface area contributed by atoms with Crippen LogP contribution in [0, 0.1) is 6.92 Å². The molecule has 0 spiro atoms. The Hall–Kier alpha value is -1.19. The zero-order chi connectivity index (χ0) is 11.9. The van der Waals surface area contributed by atoms with Gasteiger partial charge in [-0.3, -0.25) is 4.68 Å². The molecule has 0 amide bonds. The third-order valence-corrected chi connectivity index (χ3v) is 3.21. The molecule has 3 nitrogen and oxygen atoms in total. The Morgan fingerprint density at radius 1 is 1.25 bits per heavy atom. The van der Waals surface area contributed by atoms with Gasteiger partial charge in [0.25, 0.3) is 0 Å². The largest absolute Gasteiger partial charge is 0.383 e. The summed E-state index contributed by atoms with van der Waals surface area (Å²) in [5.74, 6) is 0.621. The Bertz CT molecular complexity index is 546. The van der Waals surface area contributed by atoms with E-state index in [0.717, 1.165) is 16.8 Å². The van der Waals surface area contributed by atoms with Gasteiger partial charge in [0.05, 0.1) is 15.7 Å². The first-order chi connectivity index (χ1) is 7.50. The van der Waals surface area contributed by atoms with Crippen molar-refractivity contribution in [3.05, 3.63) is 33.9 Å². The van der Waals surface area contributed by atoms with E-state index in [1.807, 2.05) is 20.0 Å². The molecule has 1 aromatic heterocycles. The highest BCUT2D eigenvalue weighted by molar-refractivity contribution is 6.42. The lowest BCUT2D eigenvalue weighted by molar-refractivity contribution is 0.767. The number of anilines is 1. The minimum Gasteiger partial charge on any atom is -0.383 e. The van der Waals surface area contributed by atoms with Gasteiger partial charge in [-0.25, -0.2) is 0 Å². The molecule has 16 heavy (non-hydrogen) atoms. The molecule has 0 saturated carbocycles. The first-order valence-corrected chi connectivity index (χ1v) is 5.51. The van der Waals surface area contributed by atoms with Crippen LogP contribution in [-0.4, -0.2) is 9.78 Å². The topological polar surface area (TPSA) is 43.8 Å². The van der Waals surface area contributed by atoms with E-state index in [-0.39, 0.29) is 0 Å². The van der Waals surface area contributed by atoms with Crippen molar-refractivity contribution in [2.45, 2.75) is 6.92 Å². The van der Waals surface area contributed by atoms with Gasteiger partial charge >= 0.3 is 0 Å². The molecule has 1 heterocycles. The predicted molar refractivity (Wildman–Crippen MR) is 67.8 cm³/mol. The number of nitrogens with zero attached hydrogens (tertiary/aromatic N) is 2. The van der Waals surface area contributed by atoms with E-state index in [1.165, 1.54) is 0 Å². The van der Waals surface area contributed by atoms with Gasteiger partial charge in [0, 0.05) is 12.6 Å². The summed E-state index contributed by atoms with van der Waals surface area (Å²) in [5.41, 5.74) is 8.65. The van der Waals surface area contributed by atoms with E-state index in [9.17, 15) is 0 Å². The zero-order valence-corrected chi connectivity index (χ0v) is 10.5. The molecule has 1 aromatic carbocycles. The monoisotopic (exact) mass is 255 g/mol. The normalized spacial score (nSPS) is 10.8. The summed E-state index contributed by atoms with van der Waals surface area (Å²) in [6.07, 6.45) is 0. The highest BCUT2D eigenvalue weighted by atomic mass is 35.5. The van der Waals surface area contributed by atoms with E-state index in [0.29, 0.717) is 15.9 Å². The number of nitrogen functional groups attached to an aromatic ring is 1. The first-order valence-electron chi connectivity index (χ1n) is 4.75. The Balaban J connectivity index is 2.63. The Morgan fingerprint density at radius 3 is 2.44 bits per heavy atom. The molecular formula is C11H11Cl2N3. The number of aryl methyl sites for hydroxylation is 2. The van der Waals surface area contributed by atoms with E-state index in [1.54, 1.807) is 16.8 Å². The lowest BCUT2D eigenvalue weighted by Crippen LogP contribution is -1.97. The van der Waals surface area contributed by atoms with Crippen LogP contribution in [0.15, 0.2) is 18.2 Å². The van der Waals surface area contributed by atoms with Crippen molar-refractivity contribution in [3.8, 4) is 11.1 Å². The zero-order valence-electron chi connectivity index (χ0n) is 8.96. The average molecular weight is 256 g/mol.